The molecule has 0 fully saturated rings. The van der Waals surface area contributed by atoms with Crippen molar-refractivity contribution >= 4 is 6.03 Å². The van der Waals surface area contributed by atoms with Crippen molar-refractivity contribution in [2.24, 2.45) is 5.41 Å². The summed E-state index contributed by atoms with van der Waals surface area (Å²) in [7, 11) is 1.62. The van der Waals surface area contributed by atoms with E-state index >= 15 is 0 Å². The van der Waals surface area contributed by atoms with Crippen LogP contribution in [0.4, 0.5) is 4.79 Å². The molecule has 0 aliphatic heterocycles. The molecule has 0 aromatic carbocycles. The van der Waals surface area contributed by atoms with Gasteiger partial charge in [0.15, 0.2) is 0 Å². The van der Waals surface area contributed by atoms with Crippen molar-refractivity contribution in [3.05, 3.63) is 0 Å². The number of amides is 2. The Bertz CT molecular complexity index is 149. The molecule has 3 nitrogen and oxygen atoms in total. The van der Waals surface area contributed by atoms with Gasteiger partial charge in [-0.1, -0.05) is 20.8 Å². The van der Waals surface area contributed by atoms with Crippen LogP contribution in [-0.4, -0.2) is 19.1 Å². The molecule has 1 unspecified atom stereocenters. The van der Waals surface area contributed by atoms with Crippen LogP contribution in [0.15, 0.2) is 0 Å². The summed E-state index contributed by atoms with van der Waals surface area (Å²) in [6.45, 7) is 8.50. The molecule has 0 aliphatic rings. The minimum absolute atomic E-state index is 0.105. The first-order chi connectivity index (χ1) is 5.35. The van der Waals surface area contributed by atoms with Crippen molar-refractivity contribution in [2.45, 2.75) is 40.2 Å². The fourth-order valence-corrected chi connectivity index (χ4v) is 1.27. The highest BCUT2D eigenvalue weighted by molar-refractivity contribution is 5.73. The zero-order valence-corrected chi connectivity index (χ0v) is 8.69. The largest absolute Gasteiger partial charge is 0.341 e. The van der Waals surface area contributed by atoms with E-state index in [1.54, 1.807) is 7.05 Å². The molecule has 0 heterocycles. The number of urea groups is 1. The fourth-order valence-electron chi connectivity index (χ4n) is 1.27. The Morgan fingerprint density at radius 3 is 2.25 bits per heavy atom. The van der Waals surface area contributed by atoms with Crippen LogP contribution in [0.3, 0.4) is 0 Å². The predicted molar refractivity (Wildman–Crippen MR) is 51.1 cm³/mol. The van der Waals surface area contributed by atoms with Gasteiger partial charge in [-0.05, 0) is 18.8 Å². The van der Waals surface area contributed by atoms with E-state index in [1.165, 1.54) is 0 Å². The lowest BCUT2D eigenvalue weighted by Crippen LogP contribution is -2.40. The van der Waals surface area contributed by atoms with E-state index in [2.05, 4.69) is 31.4 Å². The average Bonchev–Trinajstić information content (AvgIpc) is 1.82. The van der Waals surface area contributed by atoms with E-state index in [1.807, 2.05) is 6.92 Å². The van der Waals surface area contributed by atoms with Gasteiger partial charge in [0.1, 0.15) is 0 Å². The molecule has 72 valence electrons. The summed E-state index contributed by atoms with van der Waals surface area (Å²) in [5.74, 6) is 0. The number of nitrogens with one attached hydrogen (secondary N) is 2. The number of hydrogen-bond acceptors (Lipinski definition) is 1. The minimum atomic E-state index is -0.105. The van der Waals surface area contributed by atoms with Gasteiger partial charge in [0.25, 0.3) is 0 Å². The van der Waals surface area contributed by atoms with Gasteiger partial charge >= 0.3 is 6.03 Å². The Hall–Kier alpha value is -0.730. The predicted octanol–water partition coefficient (Wildman–Crippen LogP) is 1.74. The van der Waals surface area contributed by atoms with E-state index < -0.39 is 0 Å². The van der Waals surface area contributed by atoms with Gasteiger partial charge in [-0.2, -0.15) is 0 Å². The van der Waals surface area contributed by atoms with Gasteiger partial charge in [-0.3, -0.25) is 0 Å². The maximum absolute atomic E-state index is 10.9. The standard InChI is InChI=1S/C9H20N2O/c1-7(6-9(2,3)4)11-8(12)10-5/h7H,6H2,1-5H3,(H2,10,11,12). The minimum Gasteiger partial charge on any atom is -0.341 e. The van der Waals surface area contributed by atoms with Crippen molar-refractivity contribution in [3.63, 3.8) is 0 Å². The molecule has 0 aromatic rings. The zero-order chi connectivity index (χ0) is 9.78. The Morgan fingerprint density at radius 1 is 1.42 bits per heavy atom. The van der Waals surface area contributed by atoms with Crippen molar-refractivity contribution in [1.29, 1.82) is 0 Å². The molecule has 1 atom stereocenters. The molecule has 12 heavy (non-hydrogen) atoms. The molecular formula is C9H20N2O. The van der Waals surface area contributed by atoms with Crippen LogP contribution in [0, 0.1) is 5.41 Å². The second kappa shape index (κ2) is 4.33. The Morgan fingerprint density at radius 2 is 1.92 bits per heavy atom. The van der Waals surface area contributed by atoms with Crippen LogP contribution in [0.5, 0.6) is 0 Å². The summed E-state index contributed by atoms with van der Waals surface area (Å²) in [5.41, 5.74) is 0.264. The maximum Gasteiger partial charge on any atom is 0.314 e. The highest BCUT2D eigenvalue weighted by atomic mass is 16.2. The highest BCUT2D eigenvalue weighted by Gasteiger charge is 2.15. The van der Waals surface area contributed by atoms with E-state index in [9.17, 15) is 4.79 Å². The van der Waals surface area contributed by atoms with Crippen molar-refractivity contribution < 1.29 is 4.79 Å². The molecular weight excluding hydrogens is 152 g/mol. The first kappa shape index (κ1) is 11.3. The van der Waals surface area contributed by atoms with Crippen LogP contribution in [-0.2, 0) is 0 Å². The van der Waals surface area contributed by atoms with E-state index in [-0.39, 0.29) is 17.5 Å². The quantitative estimate of drug-likeness (QED) is 0.654. The van der Waals surface area contributed by atoms with Crippen molar-refractivity contribution in [1.82, 2.24) is 10.6 Å². The first-order valence-electron chi connectivity index (χ1n) is 4.33. The van der Waals surface area contributed by atoms with Gasteiger partial charge in [0, 0.05) is 13.1 Å². The second-order valence-corrected chi connectivity index (χ2v) is 4.39. The third-order valence-corrected chi connectivity index (χ3v) is 1.52. The molecule has 3 heteroatoms. The van der Waals surface area contributed by atoms with E-state index in [0.717, 1.165) is 6.42 Å². The second-order valence-electron chi connectivity index (χ2n) is 4.39. The molecule has 2 N–H and O–H groups in total. The highest BCUT2D eigenvalue weighted by Crippen LogP contribution is 2.20. The van der Waals surface area contributed by atoms with Crippen LogP contribution in [0.1, 0.15) is 34.1 Å². The molecule has 0 radical (unpaired) electrons. The monoisotopic (exact) mass is 172 g/mol. The summed E-state index contributed by atoms with van der Waals surface area (Å²) < 4.78 is 0. The summed E-state index contributed by atoms with van der Waals surface area (Å²) in [6, 6.07) is 0.122. The van der Waals surface area contributed by atoms with Crippen LogP contribution in [0.25, 0.3) is 0 Å². The molecule has 0 spiro atoms. The van der Waals surface area contributed by atoms with Gasteiger partial charge in [0.2, 0.25) is 0 Å². The van der Waals surface area contributed by atoms with E-state index in [4.69, 9.17) is 0 Å². The molecule has 0 aliphatic carbocycles. The summed E-state index contributed by atoms with van der Waals surface area (Å²) >= 11 is 0. The maximum atomic E-state index is 10.9. The lowest BCUT2D eigenvalue weighted by Gasteiger charge is -2.23. The van der Waals surface area contributed by atoms with Crippen LogP contribution >= 0.6 is 0 Å². The number of carbonyl (C=O) groups excluding carboxylic acids is 1. The van der Waals surface area contributed by atoms with E-state index in [0.29, 0.717) is 0 Å². The zero-order valence-electron chi connectivity index (χ0n) is 8.69. The SMILES string of the molecule is CNC(=O)NC(C)CC(C)(C)C. The average molecular weight is 172 g/mol. The summed E-state index contributed by atoms with van der Waals surface area (Å²) in [4.78, 5) is 10.9. The fraction of sp³-hybridized carbons (Fsp3) is 0.889. The van der Waals surface area contributed by atoms with Gasteiger partial charge < -0.3 is 10.6 Å². The van der Waals surface area contributed by atoms with Crippen LogP contribution < -0.4 is 10.6 Å². The third kappa shape index (κ3) is 6.01. The Kier molecular flexibility index (Phi) is 4.07. The third-order valence-electron chi connectivity index (χ3n) is 1.52. The molecule has 0 bridgehead atoms. The van der Waals surface area contributed by atoms with Crippen molar-refractivity contribution in [3.8, 4) is 0 Å². The van der Waals surface area contributed by atoms with Gasteiger partial charge in [-0.15, -0.1) is 0 Å². The molecule has 0 saturated heterocycles. The summed E-state index contributed by atoms with van der Waals surface area (Å²) in [5, 5.41) is 5.37. The molecule has 0 saturated carbocycles. The normalized spacial score (nSPS) is 13.8. The number of hydrogen-bond donors (Lipinski definition) is 2. The topological polar surface area (TPSA) is 41.1 Å². The molecule has 2 amide bonds. The van der Waals surface area contributed by atoms with Crippen LogP contribution in [0.2, 0.25) is 0 Å². The number of carbonyl (C=O) groups is 1. The smallest absolute Gasteiger partial charge is 0.314 e. The Labute approximate surface area is 74.9 Å². The molecule has 0 rings (SSSR count). The van der Waals surface area contributed by atoms with Gasteiger partial charge in [-0.25, -0.2) is 4.79 Å². The Balaban J connectivity index is 3.74. The summed E-state index contributed by atoms with van der Waals surface area (Å²) in [6.07, 6.45) is 0.987. The first-order valence-corrected chi connectivity index (χ1v) is 4.33. The number of rotatable bonds is 2. The lowest BCUT2D eigenvalue weighted by atomic mass is 9.89. The van der Waals surface area contributed by atoms with Crippen molar-refractivity contribution in [2.75, 3.05) is 7.05 Å². The van der Waals surface area contributed by atoms with Gasteiger partial charge in [0.05, 0.1) is 0 Å². The lowest BCUT2D eigenvalue weighted by molar-refractivity contribution is 0.234. The molecule has 0 aromatic heterocycles.